The fraction of sp³-hybridized carbons (Fsp3) is 0.294. The number of pyridine rings is 1. The highest BCUT2D eigenvalue weighted by atomic mass is 16.5. The molecular formula is C17H18N4O. The molecule has 2 heterocycles. The number of nitriles is 1. The van der Waals surface area contributed by atoms with Crippen LogP contribution in [0.5, 0.6) is 5.75 Å². The van der Waals surface area contributed by atoms with Gasteiger partial charge in [-0.25, -0.2) is 4.98 Å². The monoisotopic (exact) mass is 294 g/mol. The molecule has 22 heavy (non-hydrogen) atoms. The van der Waals surface area contributed by atoms with E-state index in [0.29, 0.717) is 5.56 Å². The van der Waals surface area contributed by atoms with Crippen molar-refractivity contribution in [3.8, 4) is 11.8 Å². The van der Waals surface area contributed by atoms with E-state index in [4.69, 9.17) is 10.00 Å². The number of piperazine rings is 1. The number of methoxy groups -OCH3 is 1. The molecule has 0 bridgehead atoms. The van der Waals surface area contributed by atoms with Gasteiger partial charge in [-0.2, -0.15) is 5.26 Å². The van der Waals surface area contributed by atoms with Crippen LogP contribution in [0.4, 0.5) is 11.5 Å². The van der Waals surface area contributed by atoms with Crippen LogP contribution in [0.2, 0.25) is 0 Å². The van der Waals surface area contributed by atoms with Crippen LogP contribution >= 0.6 is 0 Å². The Labute approximate surface area is 130 Å². The number of benzene rings is 1. The lowest BCUT2D eigenvalue weighted by atomic mass is 10.2. The van der Waals surface area contributed by atoms with E-state index >= 15 is 0 Å². The van der Waals surface area contributed by atoms with Crippen LogP contribution in [0.25, 0.3) is 0 Å². The van der Waals surface area contributed by atoms with Crippen LogP contribution < -0.4 is 14.5 Å². The Bertz CT molecular complexity index is 670. The molecular weight excluding hydrogens is 276 g/mol. The molecule has 1 saturated heterocycles. The summed E-state index contributed by atoms with van der Waals surface area (Å²) in [5, 5.41) is 8.98. The summed E-state index contributed by atoms with van der Waals surface area (Å²) < 4.78 is 5.19. The number of hydrogen-bond donors (Lipinski definition) is 0. The van der Waals surface area contributed by atoms with Gasteiger partial charge in [-0.3, -0.25) is 0 Å². The summed E-state index contributed by atoms with van der Waals surface area (Å²) in [6.07, 6.45) is 1.70. The molecule has 0 amide bonds. The maximum absolute atomic E-state index is 8.98. The minimum Gasteiger partial charge on any atom is -0.497 e. The molecule has 0 unspecified atom stereocenters. The number of nitrogens with zero attached hydrogens (tertiary/aromatic N) is 4. The number of aromatic nitrogens is 1. The summed E-state index contributed by atoms with van der Waals surface area (Å²) in [6.45, 7) is 3.66. The third kappa shape index (κ3) is 2.96. The zero-order valence-electron chi connectivity index (χ0n) is 12.6. The van der Waals surface area contributed by atoms with E-state index in [9.17, 15) is 0 Å². The average molecular weight is 294 g/mol. The van der Waals surface area contributed by atoms with Crippen LogP contribution in [0.1, 0.15) is 5.56 Å². The Balaban J connectivity index is 1.65. The molecule has 5 nitrogen and oxygen atoms in total. The van der Waals surface area contributed by atoms with Crippen molar-refractivity contribution in [2.75, 3.05) is 43.1 Å². The first kappa shape index (κ1) is 14.2. The van der Waals surface area contributed by atoms with E-state index in [-0.39, 0.29) is 0 Å². The molecule has 112 valence electrons. The van der Waals surface area contributed by atoms with Crippen LogP contribution in [0, 0.1) is 11.3 Å². The molecule has 0 saturated carbocycles. The normalized spacial score (nSPS) is 14.5. The summed E-state index contributed by atoms with van der Waals surface area (Å²) in [7, 11) is 1.68. The van der Waals surface area contributed by atoms with Crippen LogP contribution in [0.15, 0.2) is 42.6 Å². The molecule has 5 heteroatoms. The Hall–Kier alpha value is -2.74. The van der Waals surface area contributed by atoms with Gasteiger partial charge in [-0.05, 0) is 36.4 Å². The van der Waals surface area contributed by atoms with Crippen LogP contribution in [0.3, 0.4) is 0 Å². The van der Waals surface area contributed by atoms with Crippen molar-refractivity contribution in [1.82, 2.24) is 4.98 Å². The van der Waals surface area contributed by atoms with Crippen molar-refractivity contribution >= 4 is 11.5 Å². The maximum Gasteiger partial charge on any atom is 0.129 e. The average Bonchev–Trinajstić information content (AvgIpc) is 2.62. The molecule has 1 aliphatic heterocycles. The topological polar surface area (TPSA) is 52.4 Å². The second-order valence-electron chi connectivity index (χ2n) is 5.19. The molecule has 0 N–H and O–H groups in total. The van der Waals surface area contributed by atoms with Gasteiger partial charge in [0.1, 0.15) is 11.6 Å². The molecule has 3 rings (SSSR count). The van der Waals surface area contributed by atoms with E-state index in [1.54, 1.807) is 19.4 Å². The molecule has 0 radical (unpaired) electrons. The second kappa shape index (κ2) is 6.35. The fourth-order valence-corrected chi connectivity index (χ4v) is 2.65. The van der Waals surface area contributed by atoms with Crippen molar-refractivity contribution < 1.29 is 4.74 Å². The lowest BCUT2D eigenvalue weighted by molar-refractivity contribution is 0.415. The third-order valence-corrected chi connectivity index (χ3v) is 3.92. The third-order valence-electron chi connectivity index (χ3n) is 3.92. The van der Waals surface area contributed by atoms with Crippen LogP contribution in [-0.2, 0) is 0 Å². The molecule has 2 aromatic rings. The largest absolute Gasteiger partial charge is 0.497 e. The first-order valence-corrected chi connectivity index (χ1v) is 7.30. The molecule has 1 aromatic carbocycles. The number of hydrogen-bond acceptors (Lipinski definition) is 5. The maximum atomic E-state index is 8.98. The molecule has 0 atom stereocenters. The smallest absolute Gasteiger partial charge is 0.129 e. The van der Waals surface area contributed by atoms with E-state index in [0.717, 1.165) is 37.7 Å². The van der Waals surface area contributed by atoms with Gasteiger partial charge < -0.3 is 14.5 Å². The summed E-state index contributed by atoms with van der Waals surface area (Å²) in [5.41, 5.74) is 1.86. The molecule has 0 spiro atoms. The van der Waals surface area contributed by atoms with Gasteiger partial charge in [-0.1, -0.05) is 0 Å². The SMILES string of the molecule is COc1ccc(N2CCN(c3cc(C#N)ccn3)CC2)cc1. The first-order chi connectivity index (χ1) is 10.8. The highest BCUT2D eigenvalue weighted by molar-refractivity contribution is 5.52. The standard InChI is InChI=1S/C17H18N4O/c1-22-16-4-2-15(3-5-16)20-8-10-21(11-9-20)17-12-14(13-18)6-7-19-17/h2-7,12H,8-11H2,1H3. The number of anilines is 2. The van der Waals surface area contributed by atoms with E-state index < -0.39 is 0 Å². The Morgan fingerprint density at radius 1 is 1.05 bits per heavy atom. The van der Waals surface area contributed by atoms with Gasteiger partial charge in [0.15, 0.2) is 0 Å². The van der Waals surface area contributed by atoms with E-state index in [2.05, 4.69) is 33.0 Å². The van der Waals surface area contributed by atoms with Crippen LogP contribution in [-0.4, -0.2) is 38.3 Å². The molecule has 1 aromatic heterocycles. The highest BCUT2D eigenvalue weighted by Crippen LogP contribution is 2.22. The Kier molecular flexibility index (Phi) is 4.10. The van der Waals surface area contributed by atoms with Gasteiger partial charge in [0.25, 0.3) is 0 Å². The summed E-state index contributed by atoms with van der Waals surface area (Å²) in [4.78, 5) is 8.95. The zero-order chi connectivity index (χ0) is 15.4. The quantitative estimate of drug-likeness (QED) is 0.869. The van der Waals surface area contributed by atoms with Crippen molar-refractivity contribution in [3.05, 3.63) is 48.2 Å². The number of rotatable bonds is 3. The lowest BCUT2D eigenvalue weighted by Gasteiger charge is -2.36. The van der Waals surface area contributed by atoms with Gasteiger partial charge in [0.2, 0.25) is 0 Å². The van der Waals surface area contributed by atoms with Crippen molar-refractivity contribution in [2.24, 2.45) is 0 Å². The minimum absolute atomic E-state index is 0.655. The van der Waals surface area contributed by atoms with Gasteiger partial charge in [0.05, 0.1) is 18.7 Å². The van der Waals surface area contributed by atoms with Gasteiger partial charge >= 0.3 is 0 Å². The predicted octanol–water partition coefficient (Wildman–Crippen LogP) is 2.29. The van der Waals surface area contributed by atoms with Crippen molar-refractivity contribution in [1.29, 1.82) is 5.26 Å². The first-order valence-electron chi connectivity index (χ1n) is 7.30. The van der Waals surface area contributed by atoms with Crippen molar-refractivity contribution in [3.63, 3.8) is 0 Å². The molecule has 1 fully saturated rings. The van der Waals surface area contributed by atoms with Gasteiger partial charge in [0, 0.05) is 38.1 Å². The Morgan fingerprint density at radius 3 is 2.36 bits per heavy atom. The summed E-state index contributed by atoms with van der Waals surface area (Å²) in [5.74, 6) is 1.76. The second-order valence-corrected chi connectivity index (χ2v) is 5.19. The van der Waals surface area contributed by atoms with Crippen molar-refractivity contribution in [2.45, 2.75) is 0 Å². The predicted molar refractivity (Wildman–Crippen MR) is 86.4 cm³/mol. The van der Waals surface area contributed by atoms with E-state index in [1.807, 2.05) is 18.2 Å². The number of ether oxygens (including phenoxy) is 1. The Morgan fingerprint density at radius 2 is 1.73 bits per heavy atom. The highest BCUT2D eigenvalue weighted by Gasteiger charge is 2.18. The molecule has 1 aliphatic rings. The van der Waals surface area contributed by atoms with E-state index in [1.165, 1.54) is 5.69 Å². The fourth-order valence-electron chi connectivity index (χ4n) is 2.65. The minimum atomic E-state index is 0.655. The summed E-state index contributed by atoms with van der Waals surface area (Å²) >= 11 is 0. The zero-order valence-corrected chi connectivity index (χ0v) is 12.6. The van der Waals surface area contributed by atoms with Gasteiger partial charge in [-0.15, -0.1) is 0 Å². The molecule has 0 aliphatic carbocycles. The summed E-state index contributed by atoms with van der Waals surface area (Å²) in [6, 6.07) is 13.9. The lowest BCUT2D eigenvalue weighted by Crippen LogP contribution is -2.46.